The topological polar surface area (TPSA) is 55.4 Å². The number of carbonyl (C=O) groups is 2. The quantitative estimate of drug-likeness (QED) is 0.641. The van der Waals surface area contributed by atoms with Gasteiger partial charge in [-0.1, -0.05) is 22.0 Å². The minimum atomic E-state index is -0.640. The first-order chi connectivity index (χ1) is 8.47. The van der Waals surface area contributed by atoms with Crippen molar-refractivity contribution in [3.8, 4) is 0 Å². The van der Waals surface area contributed by atoms with Crippen LogP contribution in [0.1, 0.15) is 10.4 Å². The Bertz CT molecular complexity index is 468. The van der Waals surface area contributed by atoms with Crippen molar-refractivity contribution in [3.63, 3.8) is 0 Å². The molecule has 7 heteroatoms. The first-order valence-electron chi connectivity index (χ1n) is 4.91. The Labute approximate surface area is 120 Å². The molecule has 0 heterocycles. The standard InChI is InChI=1S/C11H10Br2FNO3/c1-18-11(17)7(12)5-15-10(16)6-3-2-4-8(14)9(6)13/h2-4,7H,5H2,1H3,(H,15,16). The molecule has 0 radical (unpaired) electrons. The number of alkyl halides is 1. The van der Waals surface area contributed by atoms with Gasteiger partial charge in [0.1, 0.15) is 10.6 Å². The second kappa shape index (κ2) is 6.84. The fourth-order valence-corrected chi connectivity index (χ4v) is 1.96. The van der Waals surface area contributed by atoms with Crippen molar-refractivity contribution in [3.05, 3.63) is 34.1 Å². The minimum absolute atomic E-state index is 0.0501. The fraction of sp³-hybridized carbons (Fsp3) is 0.273. The van der Waals surface area contributed by atoms with Gasteiger partial charge in [0, 0.05) is 6.54 Å². The molecule has 0 fully saturated rings. The van der Waals surface area contributed by atoms with Crippen LogP contribution in [0.2, 0.25) is 0 Å². The highest BCUT2D eigenvalue weighted by Crippen LogP contribution is 2.20. The van der Waals surface area contributed by atoms with Crippen LogP contribution in [0, 0.1) is 5.82 Å². The Morgan fingerprint density at radius 1 is 1.50 bits per heavy atom. The van der Waals surface area contributed by atoms with E-state index in [9.17, 15) is 14.0 Å². The molecule has 1 rings (SSSR count). The van der Waals surface area contributed by atoms with E-state index in [4.69, 9.17) is 0 Å². The number of nitrogens with one attached hydrogen (secondary N) is 1. The average Bonchev–Trinajstić information content (AvgIpc) is 2.37. The Kier molecular flexibility index (Phi) is 5.74. The molecule has 0 saturated heterocycles. The van der Waals surface area contributed by atoms with Gasteiger partial charge in [-0.2, -0.15) is 0 Å². The molecule has 1 aromatic rings. The molecular weight excluding hydrogens is 373 g/mol. The van der Waals surface area contributed by atoms with E-state index in [0.29, 0.717) is 0 Å². The Morgan fingerprint density at radius 2 is 2.17 bits per heavy atom. The fourth-order valence-electron chi connectivity index (χ4n) is 1.17. The van der Waals surface area contributed by atoms with E-state index in [1.807, 2.05) is 0 Å². The summed E-state index contributed by atoms with van der Waals surface area (Å²) in [5, 5.41) is 2.50. The van der Waals surface area contributed by atoms with Gasteiger partial charge in [-0.25, -0.2) is 4.39 Å². The number of methoxy groups -OCH3 is 1. The number of rotatable bonds is 4. The van der Waals surface area contributed by atoms with E-state index in [1.54, 1.807) is 0 Å². The van der Waals surface area contributed by atoms with E-state index in [1.165, 1.54) is 25.3 Å². The SMILES string of the molecule is COC(=O)C(Br)CNC(=O)c1cccc(F)c1Br. The van der Waals surface area contributed by atoms with E-state index < -0.39 is 22.5 Å². The molecule has 0 bridgehead atoms. The molecule has 4 nitrogen and oxygen atoms in total. The minimum Gasteiger partial charge on any atom is -0.468 e. The predicted octanol–water partition coefficient (Wildman–Crippen LogP) is 2.25. The molecule has 1 unspecified atom stereocenters. The van der Waals surface area contributed by atoms with Gasteiger partial charge in [-0.05, 0) is 28.1 Å². The van der Waals surface area contributed by atoms with E-state index in [0.717, 1.165) is 0 Å². The molecule has 0 aliphatic heterocycles. The van der Waals surface area contributed by atoms with Crippen LogP contribution in [0.5, 0.6) is 0 Å². The second-order valence-electron chi connectivity index (χ2n) is 3.30. The highest BCUT2D eigenvalue weighted by molar-refractivity contribution is 9.10. The van der Waals surface area contributed by atoms with Gasteiger partial charge in [0.05, 0.1) is 17.1 Å². The summed E-state index contributed by atoms with van der Waals surface area (Å²) >= 11 is 6.05. The molecule has 0 aromatic heterocycles. The lowest BCUT2D eigenvalue weighted by molar-refractivity contribution is -0.139. The van der Waals surface area contributed by atoms with Crippen molar-refractivity contribution in [1.82, 2.24) is 5.32 Å². The molecule has 0 saturated carbocycles. The summed E-state index contributed by atoms with van der Waals surface area (Å²) < 4.78 is 17.8. The zero-order valence-electron chi connectivity index (χ0n) is 9.38. The Balaban J connectivity index is 2.66. The summed E-state index contributed by atoms with van der Waals surface area (Å²) in [5.41, 5.74) is 0.166. The third kappa shape index (κ3) is 3.78. The van der Waals surface area contributed by atoms with Gasteiger partial charge in [-0.3, -0.25) is 9.59 Å². The van der Waals surface area contributed by atoms with Gasteiger partial charge < -0.3 is 10.1 Å². The van der Waals surface area contributed by atoms with Crippen molar-refractivity contribution in [2.45, 2.75) is 4.83 Å². The number of halogens is 3. The third-order valence-corrected chi connectivity index (χ3v) is 3.60. The molecule has 0 spiro atoms. The summed E-state index contributed by atoms with van der Waals surface area (Å²) in [6.07, 6.45) is 0. The van der Waals surface area contributed by atoms with Crippen LogP contribution in [-0.2, 0) is 9.53 Å². The number of esters is 1. The summed E-state index contributed by atoms with van der Waals surface area (Å²) in [6, 6.07) is 4.15. The lowest BCUT2D eigenvalue weighted by Crippen LogP contribution is -2.34. The van der Waals surface area contributed by atoms with E-state index in [-0.39, 0.29) is 16.6 Å². The van der Waals surface area contributed by atoms with Crippen molar-refractivity contribution in [2.24, 2.45) is 0 Å². The molecule has 98 valence electrons. The van der Waals surface area contributed by atoms with E-state index >= 15 is 0 Å². The van der Waals surface area contributed by atoms with Crippen molar-refractivity contribution < 1.29 is 18.7 Å². The zero-order valence-corrected chi connectivity index (χ0v) is 12.5. The van der Waals surface area contributed by atoms with Crippen LogP contribution in [0.3, 0.4) is 0 Å². The number of hydrogen-bond donors (Lipinski definition) is 1. The number of carbonyl (C=O) groups excluding carboxylic acids is 2. The average molecular weight is 383 g/mol. The van der Waals surface area contributed by atoms with Crippen molar-refractivity contribution >= 4 is 43.7 Å². The van der Waals surface area contributed by atoms with Gasteiger partial charge >= 0.3 is 5.97 Å². The predicted molar refractivity (Wildman–Crippen MR) is 71.2 cm³/mol. The zero-order chi connectivity index (χ0) is 13.7. The summed E-state index contributed by atoms with van der Waals surface area (Å²) in [4.78, 5) is 22.2. The molecular formula is C11H10Br2FNO3. The maximum Gasteiger partial charge on any atom is 0.321 e. The monoisotopic (exact) mass is 381 g/mol. The summed E-state index contributed by atoms with van der Waals surface area (Å²) in [5.74, 6) is -1.49. The Hall–Kier alpha value is -0.950. The van der Waals surface area contributed by atoms with Gasteiger partial charge in [0.15, 0.2) is 0 Å². The number of amides is 1. The highest BCUT2D eigenvalue weighted by Gasteiger charge is 2.18. The van der Waals surface area contributed by atoms with Crippen LogP contribution in [0.4, 0.5) is 4.39 Å². The highest BCUT2D eigenvalue weighted by atomic mass is 79.9. The van der Waals surface area contributed by atoms with Crippen LogP contribution in [-0.4, -0.2) is 30.4 Å². The van der Waals surface area contributed by atoms with Crippen LogP contribution in [0.15, 0.2) is 22.7 Å². The molecule has 1 N–H and O–H groups in total. The van der Waals surface area contributed by atoms with Gasteiger partial charge in [0.2, 0.25) is 0 Å². The summed E-state index contributed by atoms with van der Waals surface area (Å²) in [6.45, 7) is 0.0501. The second-order valence-corrected chi connectivity index (χ2v) is 5.20. The van der Waals surface area contributed by atoms with Crippen LogP contribution >= 0.6 is 31.9 Å². The lowest BCUT2D eigenvalue weighted by Gasteiger charge is -2.10. The Morgan fingerprint density at radius 3 is 2.78 bits per heavy atom. The first kappa shape index (κ1) is 15.1. The van der Waals surface area contributed by atoms with Crippen molar-refractivity contribution in [1.29, 1.82) is 0 Å². The maximum absolute atomic E-state index is 13.2. The molecule has 0 aliphatic rings. The number of benzene rings is 1. The van der Waals surface area contributed by atoms with Crippen molar-refractivity contribution in [2.75, 3.05) is 13.7 Å². The summed E-state index contributed by atoms with van der Waals surface area (Å²) in [7, 11) is 1.25. The lowest BCUT2D eigenvalue weighted by atomic mass is 10.2. The van der Waals surface area contributed by atoms with E-state index in [2.05, 4.69) is 41.9 Å². The van der Waals surface area contributed by atoms with Crippen LogP contribution < -0.4 is 5.32 Å². The molecule has 1 atom stereocenters. The molecule has 18 heavy (non-hydrogen) atoms. The maximum atomic E-state index is 13.2. The number of hydrogen-bond acceptors (Lipinski definition) is 3. The third-order valence-electron chi connectivity index (χ3n) is 2.09. The molecule has 1 aromatic carbocycles. The normalized spacial score (nSPS) is 11.8. The molecule has 0 aliphatic carbocycles. The van der Waals surface area contributed by atoms with Gasteiger partial charge in [-0.15, -0.1) is 0 Å². The first-order valence-corrected chi connectivity index (χ1v) is 6.62. The smallest absolute Gasteiger partial charge is 0.321 e. The largest absolute Gasteiger partial charge is 0.468 e. The van der Waals surface area contributed by atoms with Gasteiger partial charge in [0.25, 0.3) is 5.91 Å². The molecule has 1 amide bonds. The van der Waals surface area contributed by atoms with Crippen LogP contribution in [0.25, 0.3) is 0 Å². The number of ether oxygens (including phenoxy) is 1.